The molecule has 0 aliphatic carbocycles. The predicted molar refractivity (Wildman–Crippen MR) is 69.1 cm³/mol. The van der Waals surface area contributed by atoms with Crippen molar-refractivity contribution in [2.45, 2.75) is 13.8 Å². The fourth-order valence-electron chi connectivity index (χ4n) is 1.11. The molecule has 0 unspecified atom stereocenters. The third-order valence-corrected chi connectivity index (χ3v) is 2.21. The Balaban J connectivity index is 2.52. The zero-order chi connectivity index (χ0) is 11.8. The molecule has 1 rings (SSSR count). The molecule has 16 heavy (non-hydrogen) atoms. The number of allylic oxidation sites excluding steroid dienone is 5. The number of ketones is 1. The molecule has 0 radical (unpaired) electrons. The van der Waals surface area contributed by atoms with Gasteiger partial charge in [0.15, 0.2) is 5.78 Å². The molecule has 1 aromatic rings. The molecule has 0 amide bonds. The summed E-state index contributed by atoms with van der Waals surface area (Å²) in [5, 5.41) is 0. The van der Waals surface area contributed by atoms with Gasteiger partial charge in [-0.3, -0.25) is 4.79 Å². The van der Waals surface area contributed by atoms with Crippen LogP contribution in [0.2, 0.25) is 0 Å². The number of hydrogen-bond donors (Lipinski definition) is 0. The van der Waals surface area contributed by atoms with Gasteiger partial charge in [-0.1, -0.05) is 60.7 Å². The SMILES string of the molecule is CC(=O)/C(C)=C/C=C/C=C/c1ccccc1. The van der Waals surface area contributed by atoms with Crippen LogP contribution in [0.1, 0.15) is 19.4 Å². The smallest absolute Gasteiger partial charge is 0.155 e. The van der Waals surface area contributed by atoms with Crippen molar-refractivity contribution in [3.63, 3.8) is 0 Å². The van der Waals surface area contributed by atoms with Crippen molar-refractivity contribution in [1.29, 1.82) is 0 Å². The summed E-state index contributed by atoms with van der Waals surface area (Å²) in [7, 11) is 0. The van der Waals surface area contributed by atoms with E-state index in [4.69, 9.17) is 0 Å². The molecule has 0 fully saturated rings. The highest BCUT2D eigenvalue weighted by molar-refractivity contribution is 5.92. The molecular weight excluding hydrogens is 196 g/mol. The van der Waals surface area contributed by atoms with Crippen LogP contribution in [-0.2, 0) is 4.79 Å². The summed E-state index contributed by atoms with van der Waals surface area (Å²) in [4.78, 5) is 10.9. The third kappa shape index (κ3) is 4.56. The second-order valence-corrected chi connectivity index (χ2v) is 3.56. The summed E-state index contributed by atoms with van der Waals surface area (Å²) in [6.45, 7) is 3.38. The minimum Gasteiger partial charge on any atom is -0.295 e. The van der Waals surface area contributed by atoms with Crippen molar-refractivity contribution in [2.75, 3.05) is 0 Å². The van der Waals surface area contributed by atoms with Gasteiger partial charge in [-0.05, 0) is 25.0 Å². The lowest BCUT2D eigenvalue weighted by molar-refractivity contribution is -0.113. The van der Waals surface area contributed by atoms with Crippen molar-refractivity contribution >= 4 is 11.9 Å². The van der Waals surface area contributed by atoms with Crippen LogP contribution in [0.25, 0.3) is 6.08 Å². The molecule has 1 heteroatoms. The Morgan fingerprint density at radius 3 is 2.31 bits per heavy atom. The minimum absolute atomic E-state index is 0.108. The van der Waals surface area contributed by atoms with Crippen LogP contribution >= 0.6 is 0 Å². The van der Waals surface area contributed by atoms with E-state index in [1.165, 1.54) is 5.56 Å². The van der Waals surface area contributed by atoms with E-state index in [9.17, 15) is 4.79 Å². The molecule has 0 aliphatic rings. The Morgan fingerprint density at radius 2 is 1.69 bits per heavy atom. The van der Waals surface area contributed by atoms with Gasteiger partial charge in [0.05, 0.1) is 0 Å². The molecule has 0 saturated carbocycles. The largest absolute Gasteiger partial charge is 0.295 e. The van der Waals surface area contributed by atoms with Gasteiger partial charge in [0.25, 0.3) is 0 Å². The average Bonchev–Trinajstić information content (AvgIpc) is 2.29. The van der Waals surface area contributed by atoms with Gasteiger partial charge in [-0.2, -0.15) is 0 Å². The van der Waals surface area contributed by atoms with Gasteiger partial charge in [0.1, 0.15) is 0 Å². The van der Waals surface area contributed by atoms with Crippen LogP contribution in [0.15, 0.2) is 60.2 Å². The fourth-order valence-corrected chi connectivity index (χ4v) is 1.11. The second kappa shape index (κ2) is 6.57. The van der Waals surface area contributed by atoms with Crippen LogP contribution < -0.4 is 0 Å². The van der Waals surface area contributed by atoms with Crippen LogP contribution in [0.5, 0.6) is 0 Å². The summed E-state index contributed by atoms with van der Waals surface area (Å²) < 4.78 is 0. The topological polar surface area (TPSA) is 17.1 Å². The van der Waals surface area contributed by atoms with Gasteiger partial charge >= 0.3 is 0 Å². The number of Topliss-reactive ketones (excluding diaryl/α,β-unsaturated/α-hetero) is 1. The summed E-state index contributed by atoms with van der Waals surface area (Å²) in [6, 6.07) is 10.1. The number of benzene rings is 1. The Hall–Kier alpha value is -1.89. The van der Waals surface area contributed by atoms with Crippen molar-refractivity contribution in [3.05, 3.63) is 65.8 Å². The summed E-state index contributed by atoms with van der Waals surface area (Å²) in [5.41, 5.74) is 1.93. The molecule has 0 heterocycles. The number of rotatable bonds is 4. The van der Waals surface area contributed by atoms with Crippen LogP contribution in [0, 0.1) is 0 Å². The van der Waals surface area contributed by atoms with Gasteiger partial charge < -0.3 is 0 Å². The standard InChI is InChI=1S/C15H16O/c1-13(14(2)16)9-5-3-6-10-15-11-7-4-8-12-15/h3-12H,1-2H3/b5-3+,10-6+,13-9+. The highest BCUT2D eigenvalue weighted by Crippen LogP contribution is 2.01. The first-order valence-electron chi connectivity index (χ1n) is 5.28. The molecule has 0 saturated heterocycles. The monoisotopic (exact) mass is 212 g/mol. The minimum atomic E-state index is 0.108. The van der Waals surface area contributed by atoms with Crippen LogP contribution in [-0.4, -0.2) is 5.78 Å². The van der Waals surface area contributed by atoms with Gasteiger partial charge in [-0.15, -0.1) is 0 Å². The molecule has 1 aromatic carbocycles. The predicted octanol–water partition coefficient (Wildman–Crippen LogP) is 3.79. The maximum Gasteiger partial charge on any atom is 0.155 e. The van der Waals surface area contributed by atoms with E-state index in [-0.39, 0.29) is 5.78 Å². The molecule has 0 aromatic heterocycles. The normalized spacial score (nSPS) is 12.5. The molecule has 0 aliphatic heterocycles. The summed E-state index contributed by atoms with van der Waals surface area (Å²) in [5.74, 6) is 0.108. The van der Waals surface area contributed by atoms with Crippen molar-refractivity contribution in [1.82, 2.24) is 0 Å². The summed E-state index contributed by atoms with van der Waals surface area (Å²) in [6.07, 6.45) is 9.58. The van der Waals surface area contributed by atoms with E-state index >= 15 is 0 Å². The molecule has 0 N–H and O–H groups in total. The van der Waals surface area contributed by atoms with E-state index in [0.717, 1.165) is 5.57 Å². The first kappa shape index (κ1) is 12.2. The van der Waals surface area contributed by atoms with Crippen molar-refractivity contribution in [2.24, 2.45) is 0 Å². The Labute approximate surface area is 96.8 Å². The molecule has 0 bridgehead atoms. The highest BCUT2D eigenvalue weighted by Gasteiger charge is 1.90. The van der Waals surface area contributed by atoms with Crippen LogP contribution in [0.4, 0.5) is 0 Å². The second-order valence-electron chi connectivity index (χ2n) is 3.56. The highest BCUT2D eigenvalue weighted by atomic mass is 16.1. The maximum atomic E-state index is 10.9. The molecular formula is C15H16O. The first-order valence-corrected chi connectivity index (χ1v) is 5.28. The van der Waals surface area contributed by atoms with E-state index < -0.39 is 0 Å². The number of carbonyl (C=O) groups is 1. The lowest BCUT2D eigenvalue weighted by Crippen LogP contribution is -1.89. The molecule has 0 spiro atoms. The quantitative estimate of drug-likeness (QED) is 0.548. The van der Waals surface area contributed by atoms with E-state index in [1.807, 2.05) is 67.6 Å². The van der Waals surface area contributed by atoms with E-state index in [1.54, 1.807) is 6.92 Å². The lowest BCUT2D eigenvalue weighted by atomic mass is 10.2. The number of carbonyl (C=O) groups excluding carboxylic acids is 1. The van der Waals surface area contributed by atoms with Crippen LogP contribution in [0.3, 0.4) is 0 Å². The van der Waals surface area contributed by atoms with E-state index in [0.29, 0.717) is 0 Å². The average molecular weight is 212 g/mol. The van der Waals surface area contributed by atoms with Crippen molar-refractivity contribution in [3.8, 4) is 0 Å². The number of hydrogen-bond acceptors (Lipinski definition) is 1. The maximum absolute atomic E-state index is 10.9. The zero-order valence-corrected chi connectivity index (χ0v) is 9.68. The zero-order valence-electron chi connectivity index (χ0n) is 9.68. The van der Waals surface area contributed by atoms with Gasteiger partial charge in [0, 0.05) is 0 Å². The van der Waals surface area contributed by atoms with E-state index in [2.05, 4.69) is 0 Å². The fraction of sp³-hybridized carbons (Fsp3) is 0.133. The van der Waals surface area contributed by atoms with Gasteiger partial charge in [-0.25, -0.2) is 0 Å². The van der Waals surface area contributed by atoms with Gasteiger partial charge in [0.2, 0.25) is 0 Å². The molecule has 0 atom stereocenters. The lowest BCUT2D eigenvalue weighted by Gasteiger charge is -1.89. The molecule has 82 valence electrons. The Morgan fingerprint density at radius 1 is 1.00 bits per heavy atom. The first-order chi connectivity index (χ1) is 7.70. The molecule has 1 nitrogen and oxygen atoms in total. The third-order valence-electron chi connectivity index (χ3n) is 2.21. The summed E-state index contributed by atoms with van der Waals surface area (Å²) >= 11 is 0. The Kier molecular flexibility index (Phi) is 5.00. The van der Waals surface area contributed by atoms with Crippen molar-refractivity contribution < 1.29 is 4.79 Å². The Bertz CT molecular complexity index is 422.